The van der Waals surface area contributed by atoms with Gasteiger partial charge in [-0.1, -0.05) is 30.3 Å². The van der Waals surface area contributed by atoms with Gasteiger partial charge in [0.05, 0.1) is 0 Å². The lowest BCUT2D eigenvalue weighted by Crippen LogP contribution is -2.13. The number of benzene rings is 2. The van der Waals surface area contributed by atoms with Crippen LogP contribution in [0.2, 0.25) is 0 Å². The number of fused-ring (bicyclic) bond motifs is 1. The van der Waals surface area contributed by atoms with E-state index in [9.17, 15) is 0 Å². The standard InChI is InChI=1S/C13H13O2/c1-10(14-2)15-13-8-7-11-5-3-4-6-12(11)9-13/h3-8,10H,1-2H3. The molecule has 0 heterocycles. The maximum Gasteiger partial charge on any atom is 0.196 e. The first-order chi connectivity index (χ1) is 7.29. The molecule has 0 saturated heterocycles. The van der Waals surface area contributed by atoms with Crippen molar-refractivity contribution in [2.24, 2.45) is 0 Å². The number of hydrogen-bond donors (Lipinski definition) is 0. The zero-order valence-corrected chi connectivity index (χ0v) is 8.86. The number of ether oxygens (including phenoxy) is 2. The summed E-state index contributed by atoms with van der Waals surface area (Å²) in [6.45, 7) is 1.85. The van der Waals surface area contributed by atoms with Crippen molar-refractivity contribution in [2.45, 2.75) is 13.2 Å². The maximum absolute atomic E-state index is 5.49. The fourth-order valence-electron chi connectivity index (χ4n) is 1.39. The van der Waals surface area contributed by atoms with Crippen LogP contribution in [0.25, 0.3) is 10.8 Å². The summed E-state index contributed by atoms with van der Waals surface area (Å²) in [5.74, 6) is 0.711. The molecule has 0 spiro atoms. The number of rotatable bonds is 3. The lowest BCUT2D eigenvalue weighted by Gasteiger charge is -2.12. The van der Waals surface area contributed by atoms with Crippen LogP contribution < -0.4 is 4.74 Å². The van der Waals surface area contributed by atoms with Gasteiger partial charge in [-0.3, -0.25) is 0 Å². The smallest absolute Gasteiger partial charge is 0.196 e. The first kappa shape index (κ1) is 9.99. The molecule has 1 unspecified atom stereocenters. The van der Waals surface area contributed by atoms with E-state index in [2.05, 4.69) is 12.1 Å². The molecule has 2 heteroatoms. The lowest BCUT2D eigenvalue weighted by atomic mass is 10.1. The van der Waals surface area contributed by atoms with Gasteiger partial charge in [-0.05, 0) is 23.8 Å². The van der Waals surface area contributed by atoms with Crippen molar-refractivity contribution in [3.05, 3.63) is 42.5 Å². The predicted molar refractivity (Wildman–Crippen MR) is 59.9 cm³/mol. The van der Waals surface area contributed by atoms with Crippen LogP contribution in [0, 0.1) is 6.07 Å². The molecule has 0 saturated carbocycles. The Bertz CT molecular complexity index is 451. The molecular weight excluding hydrogens is 188 g/mol. The van der Waals surface area contributed by atoms with Crippen LogP contribution in [0.4, 0.5) is 0 Å². The number of methoxy groups -OCH3 is 1. The van der Waals surface area contributed by atoms with Crippen molar-refractivity contribution in [1.82, 2.24) is 0 Å². The van der Waals surface area contributed by atoms with E-state index in [1.54, 1.807) is 7.11 Å². The summed E-state index contributed by atoms with van der Waals surface area (Å²) in [5.41, 5.74) is 0. The molecule has 0 bridgehead atoms. The summed E-state index contributed by atoms with van der Waals surface area (Å²) in [7, 11) is 1.62. The van der Waals surface area contributed by atoms with Crippen molar-refractivity contribution in [3.63, 3.8) is 0 Å². The van der Waals surface area contributed by atoms with E-state index in [0.717, 1.165) is 10.8 Å². The Morgan fingerprint density at radius 3 is 2.73 bits per heavy atom. The van der Waals surface area contributed by atoms with Gasteiger partial charge < -0.3 is 9.47 Å². The largest absolute Gasteiger partial charge is 0.465 e. The van der Waals surface area contributed by atoms with Crippen LogP contribution in [-0.2, 0) is 4.74 Å². The minimum atomic E-state index is -0.248. The highest BCUT2D eigenvalue weighted by Gasteiger charge is 2.02. The Balaban J connectivity index is 2.30. The molecule has 1 radical (unpaired) electrons. The Kier molecular flexibility index (Phi) is 2.88. The molecule has 0 aliphatic heterocycles. The number of hydrogen-bond acceptors (Lipinski definition) is 2. The zero-order valence-electron chi connectivity index (χ0n) is 8.86. The van der Waals surface area contributed by atoms with Crippen LogP contribution in [0.5, 0.6) is 5.75 Å². The maximum atomic E-state index is 5.49. The molecule has 0 N–H and O–H groups in total. The third-order valence-corrected chi connectivity index (χ3v) is 2.26. The second-order valence-electron chi connectivity index (χ2n) is 3.33. The van der Waals surface area contributed by atoms with E-state index in [-0.39, 0.29) is 6.29 Å². The van der Waals surface area contributed by atoms with Gasteiger partial charge in [0.15, 0.2) is 6.29 Å². The van der Waals surface area contributed by atoms with E-state index < -0.39 is 0 Å². The molecule has 2 nitrogen and oxygen atoms in total. The second-order valence-corrected chi connectivity index (χ2v) is 3.33. The Morgan fingerprint density at radius 2 is 1.93 bits per heavy atom. The summed E-state index contributed by atoms with van der Waals surface area (Å²) in [5, 5.41) is 2.22. The molecule has 0 fully saturated rings. The second kappa shape index (κ2) is 4.32. The average molecular weight is 201 g/mol. The fourth-order valence-corrected chi connectivity index (χ4v) is 1.39. The first-order valence-electron chi connectivity index (χ1n) is 4.90. The van der Waals surface area contributed by atoms with Crippen molar-refractivity contribution in [1.29, 1.82) is 0 Å². The van der Waals surface area contributed by atoms with E-state index in [1.807, 2.05) is 37.3 Å². The summed E-state index contributed by atoms with van der Waals surface area (Å²) in [4.78, 5) is 0. The summed E-state index contributed by atoms with van der Waals surface area (Å²) in [6, 6.07) is 15.2. The van der Waals surface area contributed by atoms with Crippen molar-refractivity contribution < 1.29 is 9.47 Å². The van der Waals surface area contributed by atoms with Crippen LogP contribution in [0.15, 0.2) is 36.4 Å². The van der Waals surface area contributed by atoms with Gasteiger partial charge in [-0.2, -0.15) is 0 Å². The SMILES string of the molecule is COC(C)Oc1[c]c2ccccc2cc1. The van der Waals surface area contributed by atoms with Gasteiger partial charge in [0.25, 0.3) is 0 Å². The highest BCUT2D eigenvalue weighted by Crippen LogP contribution is 2.20. The fraction of sp³-hybridized carbons (Fsp3) is 0.231. The monoisotopic (exact) mass is 201 g/mol. The molecule has 2 rings (SSSR count). The molecule has 0 aliphatic carbocycles. The van der Waals surface area contributed by atoms with E-state index in [1.165, 1.54) is 0 Å². The minimum absolute atomic E-state index is 0.248. The molecule has 1 atom stereocenters. The van der Waals surface area contributed by atoms with Crippen molar-refractivity contribution >= 4 is 10.8 Å². The third-order valence-electron chi connectivity index (χ3n) is 2.26. The van der Waals surface area contributed by atoms with Crippen molar-refractivity contribution in [3.8, 4) is 5.75 Å². The lowest BCUT2D eigenvalue weighted by molar-refractivity contribution is -0.0383. The highest BCUT2D eigenvalue weighted by molar-refractivity contribution is 5.83. The van der Waals surface area contributed by atoms with E-state index in [4.69, 9.17) is 9.47 Å². The zero-order chi connectivity index (χ0) is 10.7. The van der Waals surface area contributed by atoms with Crippen molar-refractivity contribution in [2.75, 3.05) is 7.11 Å². The van der Waals surface area contributed by atoms with Gasteiger partial charge in [0.1, 0.15) is 5.75 Å². The third kappa shape index (κ3) is 2.28. The van der Waals surface area contributed by atoms with Gasteiger partial charge in [0.2, 0.25) is 0 Å². The van der Waals surface area contributed by atoms with Crippen LogP contribution in [0.3, 0.4) is 0 Å². The Hall–Kier alpha value is -1.54. The van der Waals surface area contributed by atoms with Crippen LogP contribution in [-0.4, -0.2) is 13.4 Å². The molecule has 77 valence electrons. The van der Waals surface area contributed by atoms with Gasteiger partial charge >= 0.3 is 0 Å². The molecule has 2 aromatic carbocycles. The summed E-state index contributed by atoms with van der Waals surface area (Å²) in [6.07, 6.45) is -0.248. The normalized spacial score (nSPS) is 12.7. The van der Waals surface area contributed by atoms with E-state index >= 15 is 0 Å². The quantitative estimate of drug-likeness (QED) is 0.711. The molecule has 15 heavy (non-hydrogen) atoms. The highest BCUT2D eigenvalue weighted by atomic mass is 16.7. The van der Waals surface area contributed by atoms with Gasteiger partial charge in [-0.25, -0.2) is 0 Å². The van der Waals surface area contributed by atoms with Gasteiger partial charge in [-0.15, -0.1) is 0 Å². The van der Waals surface area contributed by atoms with Crippen LogP contribution >= 0.6 is 0 Å². The molecule has 2 aromatic rings. The Morgan fingerprint density at radius 1 is 1.13 bits per heavy atom. The molecule has 0 aliphatic rings. The summed E-state index contributed by atoms with van der Waals surface area (Å²) >= 11 is 0. The minimum Gasteiger partial charge on any atom is -0.465 e. The predicted octanol–water partition coefficient (Wildman–Crippen LogP) is 3.01. The van der Waals surface area contributed by atoms with E-state index in [0.29, 0.717) is 5.75 Å². The van der Waals surface area contributed by atoms with Gasteiger partial charge in [0, 0.05) is 13.2 Å². The average Bonchev–Trinajstić information content (AvgIpc) is 2.29. The first-order valence-corrected chi connectivity index (χ1v) is 4.90. The topological polar surface area (TPSA) is 18.5 Å². The Labute approximate surface area is 89.4 Å². The molecular formula is C13H13O2. The molecule has 0 aromatic heterocycles. The molecule has 0 amide bonds. The van der Waals surface area contributed by atoms with Crippen LogP contribution in [0.1, 0.15) is 6.92 Å². The summed E-state index contributed by atoms with van der Waals surface area (Å²) < 4.78 is 10.5.